The summed E-state index contributed by atoms with van der Waals surface area (Å²) in [5, 5.41) is 2.05. The molecule has 0 saturated heterocycles. The molecule has 2 nitrogen and oxygen atoms in total. The third-order valence-electron chi connectivity index (χ3n) is 2.51. The Morgan fingerprint density at radius 2 is 2.31 bits per heavy atom. The molecule has 0 aromatic carbocycles. The van der Waals surface area contributed by atoms with Crippen molar-refractivity contribution in [2.24, 2.45) is 5.73 Å². The molecule has 2 rings (SSSR count). The van der Waals surface area contributed by atoms with E-state index in [1.54, 1.807) is 11.3 Å². The van der Waals surface area contributed by atoms with Crippen molar-refractivity contribution in [3.05, 3.63) is 50.4 Å². The van der Waals surface area contributed by atoms with E-state index in [-0.39, 0.29) is 6.04 Å². The fraction of sp³-hybridized carbons (Fsp3) is 0.250. The Hall–Kier alpha value is -0.710. The summed E-state index contributed by atoms with van der Waals surface area (Å²) < 4.78 is 1.10. The molecule has 4 heteroatoms. The molecule has 0 radical (unpaired) electrons. The van der Waals surface area contributed by atoms with Crippen LogP contribution in [0.2, 0.25) is 0 Å². The van der Waals surface area contributed by atoms with Gasteiger partial charge in [0.1, 0.15) is 0 Å². The van der Waals surface area contributed by atoms with Gasteiger partial charge in [-0.1, -0.05) is 6.07 Å². The summed E-state index contributed by atoms with van der Waals surface area (Å²) in [4.78, 5) is 5.55. The van der Waals surface area contributed by atoms with Gasteiger partial charge in [-0.15, -0.1) is 11.3 Å². The first-order valence-corrected chi connectivity index (χ1v) is 6.74. The average Bonchev–Trinajstić information content (AvgIpc) is 2.68. The maximum Gasteiger partial charge on any atom is 0.0457 e. The van der Waals surface area contributed by atoms with Crippen LogP contribution < -0.4 is 5.73 Å². The number of aromatic nitrogens is 1. The lowest BCUT2D eigenvalue weighted by molar-refractivity contribution is 0.713. The van der Waals surface area contributed by atoms with Crippen LogP contribution in [0.3, 0.4) is 0 Å². The van der Waals surface area contributed by atoms with Crippen LogP contribution in [0.25, 0.3) is 0 Å². The Morgan fingerprint density at radius 3 is 2.94 bits per heavy atom. The van der Waals surface area contributed by atoms with Crippen LogP contribution in [-0.2, 0) is 6.42 Å². The molecule has 0 spiro atoms. The fourth-order valence-corrected chi connectivity index (χ4v) is 3.27. The fourth-order valence-electron chi connectivity index (χ4n) is 1.60. The van der Waals surface area contributed by atoms with E-state index < -0.39 is 0 Å². The van der Waals surface area contributed by atoms with Gasteiger partial charge in [-0.2, -0.15) is 0 Å². The first-order valence-electron chi connectivity index (χ1n) is 5.07. The molecule has 0 aliphatic rings. The lowest BCUT2D eigenvalue weighted by Gasteiger charge is -2.11. The van der Waals surface area contributed by atoms with Gasteiger partial charge < -0.3 is 5.73 Å². The van der Waals surface area contributed by atoms with Gasteiger partial charge in [0.2, 0.25) is 0 Å². The van der Waals surface area contributed by atoms with Gasteiger partial charge in [-0.05, 0) is 45.9 Å². The van der Waals surface area contributed by atoms with Gasteiger partial charge in [0, 0.05) is 33.7 Å². The molecule has 2 N–H and O–H groups in total. The van der Waals surface area contributed by atoms with E-state index in [0.717, 1.165) is 16.6 Å². The molecular formula is C12H13BrN2S. The highest BCUT2D eigenvalue weighted by Crippen LogP contribution is 2.29. The van der Waals surface area contributed by atoms with E-state index in [1.165, 1.54) is 10.4 Å². The standard InChI is InChI=1S/C12H13BrN2S/c1-8-3-2-5-15-11(8)7-10(14)12-9(13)4-6-16-12/h2-6,10H,7,14H2,1H3. The summed E-state index contributed by atoms with van der Waals surface area (Å²) in [6.45, 7) is 2.07. The number of hydrogen-bond donors (Lipinski definition) is 1. The van der Waals surface area contributed by atoms with Crippen molar-refractivity contribution >= 4 is 27.3 Å². The second-order valence-corrected chi connectivity index (χ2v) is 5.51. The number of nitrogens with zero attached hydrogens (tertiary/aromatic N) is 1. The van der Waals surface area contributed by atoms with Crippen LogP contribution >= 0.6 is 27.3 Å². The number of thiophene rings is 1. The molecule has 84 valence electrons. The van der Waals surface area contributed by atoms with Crippen LogP contribution in [0.4, 0.5) is 0 Å². The molecule has 2 heterocycles. The molecule has 0 bridgehead atoms. The predicted octanol–water partition coefficient (Wildman–Crippen LogP) is 3.46. The molecule has 1 unspecified atom stereocenters. The van der Waals surface area contributed by atoms with Crippen molar-refractivity contribution < 1.29 is 0 Å². The number of aryl methyl sites for hydroxylation is 1. The summed E-state index contributed by atoms with van der Waals surface area (Å²) in [5.41, 5.74) is 8.46. The Bertz CT molecular complexity index is 481. The largest absolute Gasteiger partial charge is 0.323 e. The first kappa shape index (κ1) is 11.8. The van der Waals surface area contributed by atoms with Crippen molar-refractivity contribution in [1.29, 1.82) is 0 Å². The second-order valence-electron chi connectivity index (χ2n) is 3.71. The molecular weight excluding hydrogens is 284 g/mol. The van der Waals surface area contributed by atoms with E-state index in [1.807, 2.05) is 23.7 Å². The highest BCUT2D eigenvalue weighted by atomic mass is 79.9. The van der Waals surface area contributed by atoms with Crippen LogP contribution in [0.1, 0.15) is 22.2 Å². The minimum atomic E-state index is 0.0166. The number of halogens is 1. The molecule has 0 aliphatic carbocycles. The summed E-state index contributed by atoms with van der Waals surface area (Å²) in [6, 6.07) is 6.07. The number of pyridine rings is 1. The molecule has 2 aromatic heterocycles. The lowest BCUT2D eigenvalue weighted by Crippen LogP contribution is -2.13. The van der Waals surface area contributed by atoms with Gasteiger partial charge in [0.15, 0.2) is 0 Å². The normalized spacial score (nSPS) is 12.7. The number of hydrogen-bond acceptors (Lipinski definition) is 3. The maximum atomic E-state index is 6.18. The topological polar surface area (TPSA) is 38.9 Å². The highest BCUT2D eigenvalue weighted by Gasteiger charge is 2.13. The van der Waals surface area contributed by atoms with Gasteiger partial charge >= 0.3 is 0 Å². The minimum absolute atomic E-state index is 0.0166. The zero-order chi connectivity index (χ0) is 11.5. The molecule has 2 aromatic rings. The Morgan fingerprint density at radius 1 is 1.50 bits per heavy atom. The van der Waals surface area contributed by atoms with E-state index in [0.29, 0.717) is 0 Å². The van der Waals surface area contributed by atoms with E-state index >= 15 is 0 Å². The number of rotatable bonds is 3. The zero-order valence-corrected chi connectivity index (χ0v) is 11.4. The SMILES string of the molecule is Cc1cccnc1CC(N)c1sccc1Br. The molecule has 0 saturated carbocycles. The van der Waals surface area contributed by atoms with Crippen molar-refractivity contribution in [2.75, 3.05) is 0 Å². The molecule has 0 amide bonds. The zero-order valence-electron chi connectivity index (χ0n) is 8.98. The van der Waals surface area contributed by atoms with Crippen LogP contribution in [0, 0.1) is 6.92 Å². The third kappa shape index (κ3) is 2.51. The highest BCUT2D eigenvalue weighted by molar-refractivity contribution is 9.10. The van der Waals surface area contributed by atoms with E-state index in [4.69, 9.17) is 5.73 Å². The Kier molecular flexibility index (Phi) is 3.74. The van der Waals surface area contributed by atoms with E-state index in [2.05, 4.69) is 33.9 Å². The molecule has 16 heavy (non-hydrogen) atoms. The van der Waals surface area contributed by atoms with Gasteiger partial charge in [0.25, 0.3) is 0 Å². The summed E-state index contributed by atoms with van der Waals surface area (Å²) in [7, 11) is 0. The smallest absolute Gasteiger partial charge is 0.0457 e. The van der Waals surface area contributed by atoms with Crippen LogP contribution in [0.15, 0.2) is 34.2 Å². The Balaban J connectivity index is 2.17. The van der Waals surface area contributed by atoms with Crippen molar-refractivity contribution in [3.8, 4) is 0 Å². The number of nitrogens with two attached hydrogens (primary N) is 1. The van der Waals surface area contributed by atoms with Gasteiger partial charge in [0.05, 0.1) is 0 Å². The molecule has 1 atom stereocenters. The molecule has 0 aliphatic heterocycles. The van der Waals surface area contributed by atoms with Crippen LogP contribution in [0.5, 0.6) is 0 Å². The van der Waals surface area contributed by atoms with Gasteiger partial charge in [-0.25, -0.2) is 0 Å². The van der Waals surface area contributed by atoms with Crippen molar-refractivity contribution in [2.45, 2.75) is 19.4 Å². The van der Waals surface area contributed by atoms with E-state index in [9.17, 15) is 0 Å². The minimum Gasteiger partial charge on any atom is -0.323 e. The monoisotopic (exact) mass is 296 g/mol. The summed E-state index contributed by atoms with van der Waals surface area (Å²) >= 11 is 5.19. The Labute approximate surface area is 108 Å². The van der Waals surface area contributed by atoms with Crippen molar-refractivity contribution in [1.82, 2.24) is 4.98 Å². The van der Waals surface area contributed by atoms with Gasteiger partial charge in [-0.3, -0.25) is 4.98 Å². The third-order valence-corrected chi connectivity index (χ3v) is 4.52. The van der Waals surface area contributed by atoms with Crippen LogP contribution in [-0.4, -0.2) is 4.98 Å². The maximum absolute atomic E-state index is 6.18. The summed E-state index contributed by atoms with van der Waals surface area (Å²) in [5.74, 6) is 0. The predicted molar refractivity (Wildman–Crippen MR) is 71.6 cm³/mol. The quantitative estimate of drug-likeness (QED) is 0.942. The molecule has 0 fully saturated rings. The second kappa shape index (κ2) is 5.08. The summed E-state index contributed by atoms with van der Waals surface area (Å²) in [6.07, 6.45) is 2.60. The first-order chi connectivity index (χ1) is 7.68. The lowest BCUT2D eigenvalue weighted by atomic mass is 10.1. The average molecular weight is 297 g/mol. The van der Waals surface area contributed by atoms with Crippen molar-refractivity contribution in [3.63, 3.8) is 0 Å².